The molecule has 0 fully saturated rings. The van der Waals surface area contributed by atoms with Crippen molar-refractivity contribution in [2.24, 2.45) is 0 Å². The maximum atomic E-state index is 13.1. The van der Waals surface area contributed by atoms with Gasteiger partial charge in [0.25, 0.3) is 5.91 Å². The molecule has 4 nitrogen and oxygen atoms in total. The van der Waals surface area contributed by atoms with E-state index in [9.17, 15) is 17.6 Å². The molecule has 3 rings (SSSR count). The summed E-state index contributed by atoms with van der Waals surface area (Å²) in [5.74, 6) is -1.06. The van der Waals surface area contributed by atoms with Gasteiger partial charge in [0, 0.05) is 21.7 Å². The maximum Gasteiger partial charge on any atom is 0.258 e. The second-order valence-electron chi connectivity index (χ2n) is 5.38. The molecule has 1 atom stereocenters. The van der Waals surface area contributed by atoms with Crippen LogP contribution < -0.4 is 4.90 Å². The van der Waals surface area contributed by atoms with E-state index in [-0.39, 0.29) is 11.3 Å². The Labute approximate surface area is 144 Å². The number of amides is 1. The van der Waals surface area contributed by atoms with Crippen molar-refractivity contribution >= 4 is 33.0 Å². The topological polar surface area (TPSA) is 54.5 Å². The van der Waals surface area contributed by atoms with Gasteiger partial charge in [0.15, 0.2) is 9.84 Å². The smallest absolute Gasteiger partial charge is 0.258 e. The first-order valence-corrected chi connectivity index (χ1v) is 9.21. The van der Waals surface area contributed by atoms with Crippen molar-refractivity contribution in [1.29, 1.82) is 0 Å². The Morgan fingerprint density at radius 1 is 1.08 bits per heavy atom. The van der Waals surface area contributed by atoms with Crippen LogP contribution in [0.15, 0.2) is 60.0 Å². The van der Waals surface area contributed by atoms with Crippen molar-refractivity contribution in [2.45, 2.75) is 6.04 Å². The average Bonchev–Trinajstić information content (AvgIpc) is 2.90. The zero-order chi connectivity index (χ0) is 17.3. The van der Waals surface area contributed by atoms with Crippen molar-refractivity contribution < 1.29 is 17.6 Å². The van der Waals surface area contributed by atoms with Gasteiger partial charge in [-0.05, 0) is 54.6 Å². The molecule has 1 aliphatic rings. The highest BCUT2D eigenvalue weighted by Gasteiger charge is 2.32. The first kappa shape index (κ1) is 16.7. The fraction of sp³-hybridized carbons (Fsp3) is 0.118. The average molecular weight is 366 g/mol. The maximum absolute atomic E-state index is 13.1. The standard InChI is InChI=1S/C17H13ClFNO3S/c18-13-3-7-15(8-4-13)20(16-9-10-24(22,23)11-16)17(21)12-1-5-14(19)6-2-12/h1-10,16H,11H2/t16-/m0/s1. The molecule has 0 unspecified atom stereocenters. The summed E-state index contributed by atoms with van der Waals surface area (Å²) in [6.45, 7) is 0. The molecular formula is C17H13ClFNO3S. The lowest BCUT2D eigenvalue weighted by atomic mass is 10.1. The molecule has 0 bridgehead atoms. The van der Waals surface area contributed by atoms with Crippen LogP contribution in [-0.4, -0.2) is 26.1 Å². The monoisotopic (exact) mass is 365 g/mol. The molecule has 0 aromatic heterocycles. The number of hydrogen-bond donors (Lipinski definition) is 0. The molecule has 2 aromatic carbocycles. The number of sulfone groups is 1. The number of anilines is 1. The van der Waals surface area contributed by atoms with E-state index in [1.807, 2.05) is 0 Å². The molecule has 1 heterocycles. The van der Waals surface area contributed by atoms with Gasteiger partial charge in [-0.25, -0.2) is 12.8 Å². The molecule has 0 saturated carbocycles. The zero-order valence-corrected chi connectivity index (χ0v) is 14.0. The van der Waals surface area contributed by atoms with Crippen molar-refractivity contribution in [2.75, 3.05) is 10.7 Å². The van der Waals surface area contributed by atoms with Crippen LogP contribution in [0.1, 0.15) is 10.4 Å². The zero-order valence-electron chi connectivity index (χ0n) is 12.4. The van der Waals surface area contributed by atoms with Gasteiger partial charge in [-0.1, -0.05) is 11.6 Å². The first-order valence-electron chi connectivity index (χ1n) is 7.11. The van der Waals surface area contributed by atoms with Crippen molar-refractivity contribution in [3.05, 3.63) is 76.4 Å². The van der Waals surface area contributed by atoms with Crippen LogP contribution in [-0.2, 0) is 9.84 Å². The summed E-state index contributed by atoms with van der Waals surface area (Å²) >= 11 is 5.88. The van der Waals surface area contributed by atoms with Crippen molar-refractivity contribution in [1.82, 2.24) is 0 Å². The van der Waals surface area contributed by atoms with Gasteiger partial charge < -0.3 is 4.90 Å². The number of carbonyl (C=O) groups excluding carboxylic acids is 1. The van der Waals surface area contributed by atoms with Crippen molar-refractivity contribution in [3.8, 4) is 0 Å². The summed E-state index contributed by atoms with van der Waals surface area (Å²) in [6.07, 6.45) is 1.48. The Balaban J connectivity index is 2.01. The fourth-order valence-corrected chi connectivity index (χ4v) is 3.91. The molecule has 7 heteroatoms. The number of halogens is 2. The molecule has 0 saturated heterocycles. The predicted octanol–water partition coefficient (Wildman–Crippen LogP) is 3.44. The van der Waals surface area contributed by atoms with Crippen LogP contribution in [0.2, 0.25) is 5.02 Å². The number of benzene rings is 2. The van der Waals surface area contributed by atoms with E-state index < -0.39 is 27.6 Å². The molecule has 24 heavy (non-hydrogen) atoms. The summed E-state index contributed by atoms with van der Waals surface area (Å²) in [6, 6.07) is 11.0. The molecule has 124 valence electrons. The van der Waals surface area contributed by atoms with E-state index in [1.54, 1.807) is 24.3 Å². The van der Waals surface area contributed by atoms with Gasteiger partial charge in [0.1, 0.15) is 5.82 Å². The van der Waals surface area contributed by atoms with Crippen LogP contribution >= 0.6 is 11.6 Å². The van der Waals surface area contributed by atoms with Gasteiger partial charge in [-0.2, -0.15) is 0 Å². The third-order valence-corrected chi connectivity index (χ3v) is 5.29. The highest BCUT2D eigenvalue weighted by Crippen LogP contribution is 2.26. The summed E-state index contributed by atoms with van der Waals surface area (Å²) < 4.78 is 36.6. The van der Waals surface area contributed by atoms with E-state index in [0.717, 1.165) is 5.41 Å². The third-order valence-electron chi connectivity index (χ3n) is 3.66. The van der Waals surface area contributed by atoms with Gasteiger partial charge in [0.2, 0.25) is 0 Å². The van der Waals surface area contributed by atoms with Crippen LogP contribution in [0.5, 0.6) is 0 Å². The minimum atomic E-state index is -3.34. The summed E-state index contributed by atoms with van der Waals surface area (Å²) in [5.41, 5.74) is 0.782. The molecule has 1 aliphatic heterocycles. The molecule has 0 aliphatic carbocycles. The third kappa shape index (κ3) is 3.49. The largest absolute Gasteiger partial charge is 0.300 e. The van der Waals surface area contributed by atoms with Crippen molar-refractivity contribution in [3.63, 3.8) is 0 Å². The molecule has 0 N–H and O–H groups in total. The minimum absolute atomic E-state index is 0.192. The molecule has 2 aromatic rings. The first-order chi connectivity index (χ1) is 11.4. The number of hydrogen-bond acceptors (Lipinski definition) is 3. The SMILES string of the molecule is O=C(c1ccc(F)cc1)N(c1ccc(Cl)cc1)[C@H]1C=CS(=O)(=O)C1. The van der Waals surface area contributed by atoms with E-state index in [4.69, 9.17) is 11.6 Å². The van der Waals surface area contributed by atoms with Gasteiger partial charge >= 0.3 is 0 Å². The van der Waals surface area contributed by atoms with Crippen LogP contribution in [0.4, 0.5) is 10.1 Å². The minimum Gasteiger partial charge on any atom is -0.300 e. The van der Waals surface area contributed by atoms with Crippen LogP contribution in [0.3, 0.4) is 0 Å². The van der Waals surface area contributed by atoms with Crippen LogP contribution in [0, 0.1) is 5.82 Å². The Bertz CT molecular complexity index is 892. The Hall–Kier alpha value is -2.18. The molecular weight excluding hydrogens is 353 g/mol. The molecule has 1 amide bonds. The number of carbonyl (C=O) groups is 1. The number of rotatable bonds is 3. The van der Waals surface area contributed by atoms with E-state index >= 15 is 0 Å². The summed E-state index contributed by atoms with van der Waals surface area (Å²) in [5, 5.41) is 1.61. The summed E-state index contributed by atoms with van der Waals surface area (Å²) in [7, 11) is -3.34. The molecule has 0 radical (unpaired) electrons. The predicted molar refractivity (Wildman–Crippen MR) is 91.4 cm³/mol. The molecule has 0 spiro atoms. The van der Waals surface area contributed by atoms with E-state index in [1.165, 1.54) is 35.2 Å². The van der Waals surface area contributed by atoms with E-state index in [0.29, 0.717) is 10.7 Å². The fourth-order valence-electron chi connectivity index (χ4n) is 2.51. The van der Waals surface area contributed by atoms with Gasteiger partial charge in [-0.15, -0.1) is 0 Å². The van der Waals surface area contributed by atoms with Crippen LogP contribution in [0.25, 0.3) is 0 Å². The quantitative estimate of drug-likeness (QED) is 0.837. The lowest BCUT2D eigenvalue weighted by molar-refractivity contribution is 0.0983. The van der Waals surface area contributed by atoms with Gasteiger partial charge in [-0.3, -0.25) is 4.79 Å². The Morgan fingerprint density at radius 3 is 2.25 bits per heavy atom. The Morgan fingerprint density at radius 2 is 1.71 bits per heavy atom. The lowest BCUT2D eigenvalue weighted by Crippen LogP contribution is -2.41. The highest BCUT2D eigenvalue weighted by molar-refractivity contribution is 7.94. The van der Waals surface area contributed by atoms with Gasteiger partial charge in [0.05, 0.1) is 11.8 Å². The second kappa shape index (κ2) is 6.37. The normalized spacial score (nSPS) is 18.5. The number of nitrogens with zero attached hydrogens (tertiary/aromatic N) is 1. The Kier molecular flexibility index (Phi) is 4.43. The van der Waals surface area contributed by atoms with E-state index in [2.05, 4.69) is 0 Å². The summed E-state index contributed by atoms with van der Waals surface area (Å²) in [4.78, 5) is 14.3. The lowest BCUT2D eigenvalue weighted by Gasteiger charge is -2.28. The second-order valence-corrected chi connectivity index (χ2v) is 7.75. The highest BCUT2D eigenvalue weighted by atomic mass is 35.5.